The fourth-order valence-corrected chi connectivity index (χ4v) is 4.75. The zero-order valence-electron chi connectivity index (χ0n) is 17.9. The van der Waals surface area contributed by atoms with Crippen LogP contribution in [0.25, 0.3) is 21.8 Å². The van der Waals surface area contributed by atoms with Gasteiger partial charge < -0.3 is 20.8 Å². The number of primary amides is 1. The lowest BCUT2D eigenvalue weighted by Crippen LogP contribution is -2.40. The molecule has 1 unspecified atom stereocenters. The molecular formula is C25H25FN4O2. The van der Waals surface area contributed by atoms with Crippen molar-refractivity contribution in [2.75, 3.05) is 13.7 Å². The number of nitrogens with zero attached hydrogens (tertiary/aromatic N) is 1. The number of carbonyl (C=O) groups excluding carboxylic acids is 1. The molecule has 7 heteroatoms. The van der Waals surface area contributed by atoms with Gasteiger partial charge in [0.05, 0.1) is 24.9 Å². The van der Waals surface area contributed by atoms with Crippen LogP contribution in [0.3, 0.4) is 0 Å². The fourth-order valence-electron chi connectivity index (χ4n) is 4.75. The van der Waals surface area contributed by atoms with Gasteiger partial charge >= 0.3 is 0 Å². The van der Waals surface area contributed by atoms with E-state index in [9.17, 15) is 9.18 Å². The third-order valence-electron chi connectivity index (χ3n) is 6.25. The standard InChI is InChI=1S/C25H25FN4O2/c1-32-22-9-6-14(10-18(22)26)11-21-25-24(16-4-2-3-5-19(16)30-25)17-8-7-15(12-20(17)29-21)28-13-23(27)31/h2-6,9-10,15,28,30H,7-8,11-13H2,1H3,(H2,27,31). The molecule has 0 fully saturated rings. The molecule has 4 N–H and O–H groups in total. The molecule has 4 aromatic rings. The Labute approximate surface area is 185 Å². The Morgan fingerprint density at radius 3 is 2.94 bits per heavy atom. The maximum Gasteiger partial charge on any atom is 0.231 e. The number of ether oxygens (including phenoxy) is 1. The number of hydrogen-bond acceptors (Lipinski definition) is 4. The summed E-state index contributed by atoms with van der Waals surface area (Å²) in [6.45, 7) is 0.160. The highest BCUT2D eigenvalue weighted by Gasteiger charge is 2.25. The van der Waals surface area contributed by atoms with Crippen LogP contribution in [0.15, 0.2) is 42.5 Å². The number of aromatic amines is 1. The number of H-pyrrole nitrogens is 1. The number of benzene rings is 2. The zero-order chi connectivity index (χ0) is 22.2. The SMILES string of the molecule is COc1ccc(Cc2nc3c(c4c2[nH]c2ccccc24)CCC(NCC(N)=O)C3)cc1F. The van der Waals surface area contributed by atoms with E-state index in [1.807, 2.05) is 18.2 Å². The second kappa shape index (κ2) is 8.24. The van der Waals surface area contributed by atoms with Crippen molar-refractivity contribution >= 4 is 27.7 Å². The molecule has 164 valence electrons. The number of methoxy groups -OCH3 is 1. The summed E-state index contributed by atoms with van der Waals surface area (Å²) in [5.74, 6) is -0.518. The topological polar surface area (TPSA) is 93.0 Å². The van der Waals surface area contributed by atoms with Crippen LogP contribution in [0.2, 0.25) is 0 Å². The van der Waals surface area contributed by atoms with Gasteiger partial charge in [0.25, 0.3) is 0 Å². The van der Waals surface area contributed by atoms with Gasteiger partial charge in [0.15, 0.2) is 11.6 Å². The van der Waals surface area contributed by atoms with Crippen molar-refractivity contribution < 1.29 is 13.9 Å². The van der Waals surface area contributed by atoms with Gasteiger partial charge in [-0.25, -0.2) is 4.39 Å². The molecule has 0 saturated heterocycles. The largest absolute Gasteiger partial charge is 0.494 e. The van der Waals surface area contributed by atoms with Gasteiger partial charge in [0.2, 0.25) is 5.91 Å². The quantitative estimate of drug-likeness (QED) is 0.435. The molecule has 1 aliphatic rings. The molecule has 1 aliphatic carbocycles. The zero-order valence-corrected chi connectivity index (χ0v) is 17.9. The predicted octanol–water partition coefficient (Wildman–Crippen LogP) is 3.39. The van der Waals surface area contributed by atoms with E-state index in [1.165, 1.54) is 29.5 Å². The second-order valence-corrected chi connectivity index (χ2v) is 8.34. The Balaban J connectivity index is 1.61. The number of pyridine rings is 1. The highest BCUT2D eigenvalue weighted by atomic mass is 19.1. The maximum atomic E-state index is 14.3. The Morgan fingerprint density at radius 2 is 2.16 bits per heavy atom. The van der Waals surface area contributed by atoms with Crippen LogP contribution in [0, 0.1) is 5.82 Å². The monoisotopic (exact) mass is 432 g/mol. The number of hydrogen-bond donors (Lipinski definition) is 3. The van der Waals surface area contributed by atoms with Gasteiger partial charge in [-0.15, -0.1) is 0 Å². The van der Waals surface area contributed by atoms with Crippen LogP contribution < -0.4 is 15.8 Å². The highest BCUT2D eigenvalue weighted by Crippen LogP contribution is 2.36. The average Bonchev–Trinajstić information content (AvgIpc) is 3.18. The van der Waals surface area contributed by atoms with Crippen molar-refractivity contribution in [3.05, 3.63) is 70.8 Å². The van der Waals surface area contributed by atoms with Gasteiger partial charge in [0, 0.05) is 40.9 Å². The Kier molecular flexibility index (Phi) is 5.27. The molecule has 32 heavy (non-hydrogen) atoms. The number of carbonyl (C=O) groups is 1. The fraction of sp³-hybridized carbons (Fsp3) is 0.280. The first kappa shape index (κ1) is 20.5. The number of halogens is 1. The molecule has 1 amide bonds. The number of rotatable bonds is 6. The summed E-state index contributed by atoms with van der Waals surface area (Å²) < 4.78 is 19.4. The molecule has 6 nitrogen and oxygen atoms in total. The van der Waals surface area contributed by atoms with Gasteiger partial charge in [-0.05, 0) is 42.2 Å². The molecule has 0 radical (unpaired) electrons. The number of aromatic nitrogens is 2. The summed E-state index contributed by atoms with van der Waals surface area (Å²) in [5.41, 5.74) is 11.4. The first-order chi connectivity index (χ1) is 15.5. The van der Waals surface area contributed by atoms with Gasteiger partial charge in [-0.1, -0.05) is 24.3 Å². The van der Waals surface area contributed by atoms with E-state index in [2.05, 4.69) is 22.4 Å². The van der Waals surface area contributed by atoms with Crippen molar-refractivity contribution in [3.8, 4) is 5.75 Å². The first-order valence-corrected chi connectivity index (χ1v) is 10.8. The minimum Gasteiger partial charge on any atom is -0.494 e. The number of nitrogens with one attached hydrogen (secondary N) is 2. The maximum absolute atomic E-state index is 14.3. The van der Waals surface area contributed by atoms with Gasteiger partial charge in [0.1, 0.15) is 0 Å². The Hall–Kier alpha value is -3.45. The molecule has 0 bridgehead atoms. The Bertz CT molecular complexity index is 1330. The first-order valence-electron chi connectivity index (χ1n) is 10.8. The lowest BCUT2D eigenvalue weighted by atomic mass is 9.88. The van der Waals surface area contributed by atoms with Crippen molar-refractivity contribution in [2.24, 2.45) is 5.73 Å². The molecular weight excluding hydrogens is 407 g/mol. The lowest BCUT2D eigenvalue weighted by molar-refractivity contribution is -0.117. The Morgan fingerprint density at radius 1 is 1.31 bits per heavy atom. The highest BCUT2D eigenvalue weighted by molar-refractivity contribution is 6.10. The summed E-state index contributed by atoms with van der Waals surface area (Å²) in [5, 5.41) is 5.61. The molecule has 0 spiro atoms. The van der Waals surface area contributed by atoms with Crippen molar-refractivity contribution in [3.63, 3.8) is 0 Å². The van der Waals surface area contributed by atoms with Crippen LogP contribution >= 0.6 is 0 Å². The number of nitrogens with two attached hydrogens (primary N) is 1. The molecule has 1 atom stereocenters. The molecule has 5 rings (SSSR count). The third kappa shape index (κ3) is 3.69. The van der Waals surface area contributed by atoms with E-state index in [1.54, 1.807) is 6.07 Å². The average molecular weight is 432 g/mol. The van der Waals surface area contributed by atoms with E-state index in [-0.39, 0.29) is 30.1 Å². The van der Waals surface area contributed by atoms with Crippen LogP contribution in [-0.4, -0.2) is 35.6 Å². The molecule has 0 saturated carbocycles. The normalized spacial score (nSPS) is 15.8. The summed E-state index contributed by atoms with van der Waals surface area (Å²) in [7, 11) is 1.46. The van der Waals surface area contributed by atoms with Crippen LogP contribution in [-0.2, 0) is 24.1 Å². The predicted molar refractivity (Wildman–Crippen MR) is 122 cm³/mol. The van der Waals surface area contributed by atoms with Crippen LogP contribution in [0.1, 0.15) is 28.9 Å². The van der Waals surface area contributed by atoms with Crippen LogP contribution in [0.4, 0.5) is 4.39 Å². The summed E-state index contributed by atoms with van der Waals surface area (Å²) in [4.78, 5) is 19.8. The summed E-state index contributed by atoms with van der Waals surface area (Å²) in [6.07, 6.45) is 3.01. The van der Waals surface area contributed by atoms with E-state index >= 15 is 0 Å². The number of para-hydroxylation sites is 1. The number of amides is 1. The van der Waals surface area contributed by atoms with Crippen molar-refractivity contribution in [1.82, 2.24) is 15.3 Å². The smallest absolute Gasteiger partial charge is 0.231 e. The molecule has 0 aliphatic heterocycles. The number of aryl methyl sites for hydroxylation is 1. The summed E-state index contributed by atoms with van der Waals surface area (Å²) >= 11 is 0. The van der Waals surface area contributed by atoms with Gasteiger partial charge in [-0.3, -0.25) is 9.78 Å². The minimum atomic E-state index is -0.383. The van der Waals surface area contributed by atoms with Crippen molar-refractivity contribution in [2.45, 2.75) is 31.7 Å². The van der Waals surface area contributed by atoms with E-state index in [4.69, 9.17) is 15.5 Å². The van der Waals surface area contributed by atoms with E-state index in [0.29, 0.717) is 6.42 Å². The lowest BCUT2D eigenvalue weighted by Gasteiger charge is -2.26. The third-order valence-corrected chi connectivity index (χ3v) is 6.25. The number of fused-ring (bicyclic) bond motifs is 5. The minimum absolute atomic E-state index is 0.149. The second-order valence-electron chi connectivity index (χ2n) is 8.34. The van der Waals surface area contributed by atoms with E-state index < -0.39 is 0 Å². The molecule has 2 heterocycles. The molecule has 2 aromatic heterocycles. The van der Waals surface area contributed by atoms with Crippen LogP contribution in [0.5, 0.6) is 5.75 Å². The van der Waals surface area contributed by atoms with E-state index in [0.717, 1.165) is 47.2 Å². The summed E-state index contributed by atoms with van der Waals surface area (Å²) in [6, 6.07) is 13.4. The van der Waals surface area contributed by atoms with Gasteiger partial charge in [-0.2, -0.15) is 0 Å². The van der Waals surface area contributed by atoms with Crippen molar-refractivity contribution in [1.29, 1.82) is 0 Å². The molecule has 2 aromatic carbocycles.